The van der Waals surface area contributed by atoms with Crippen molar-refractivity contribution in [3.8, 4) is 5.75 Å². The number of Topliss-reactive ketones (excluding diaryl/α,β-unsaturated/α-hetero) is 1. The predicted octanol–water partition coefficient (Wildman–Crippen LogP) is 3.13. The summed E-state index contributed by atoms with van der Waals surface area (Å²) in [5.74, 6) is -1.22. The number of aromatic hydroxyl groups is 1. The average molecular weight is 467 g/mol. The monoisotopic (exact) mass is 466 g/mol. The van der Waals surface area contributed by atoms with Crippen molar-refractivity contribution in [3.05, 3.63) is 88.8 Å². The Labute approximate surface area is 197 Å². The highest BCUT2D eigenvalue weighted by Crippen LogP contribution is 2.11. The van der Waals surface area contributed by atoms with Crippen LogP contribution in [0.2, 0.25) is 0 Å². The Kier molecular flexibility index (Phi) is 9.82. The van der Waals surface area contributed by atoms with Gasteiger partial charge in [-0.15, -0.1) is 0 Å². The number of carbonyl (C=O) groups is 3. The first-order chi connectivity index (χ1) is 16.2. The number of ketones is 1. The van der Waals surface area contributed by atoms with Gasteiger partial charge in [0.15, 0.2) is 0 Å². The van der Waals surface area contributed by atoms with E-state index in [0.29, 0.717) is 11.3 Å². The molecule has 1 aromatic heterocycles. The van der Waals surface area contributed by atoms with E-state index >= 15 is 0 Å². The highest BCUT2D eigenvalue weighted by atomic mass is 19.1. The summed E-state index contributed by atoms with van der Waals surface area (Å²) >= 11 is 0. The maximum Gasteiger partial charge on any atom is 0.270 e. The fourth-order valence-corrected chi connectivity index (χ4v) is 2.77. The van der Waals surface area contributed by atoms with E-state index in [1.807, 2.05) is 12.1 Å². The van der Waals surface area contributed by atoms with Crippen molar-refractivity contribution in [1.82, 2.24) is 20.6 Å². The quantitative estimate of drug-likeness (QED) is 0.492. The van der Waals surface area contributed by atoms with Gasteiger partial charge in [0, 0.05) is 12.6 Å². The van der Waals surface area contributed by atoms with Crippen molar-refractivity contribution >= 4 is 17.6 Å². The van der Waals surface area contributed by atoms with Crippen LogP contribution in [0.3, 0.4) is 0 Å². The fourth-order valence-electron chi connectivity index (χ4n) is 2.77. The van der Waals surface area contributed by atoms with Gasteiger partial charge < -0.3 is 15.7 Å². The van der Waals surface area contributed by atoms with Crippen molar-refractivity contribution in [2.24, 2.45) is 0 Å². The Morgan fingerprint density at radius 2 is 1.62 bits per heavy atom. The Hall–Kier alpha value is -4.14. The second kappa shape index (κ2) is 12.8. The molecule has 0 saturated carbocycles. The summed E-state index contributed by atoms with van der Waals surface area (Å²) in [6, 6.07) is 13.1. The number of benzene rings is 2. The maximum absolute atomic E-state index is 13.2. The van der Waals surface area contributed by atoms with Gasteiger partial charge in [-0.05, 0) is 55.2 Å². The van der Waals surface area contributed by atoms with Gasteiger partial charge in [0.1, 0.15) is 35.1 Å². The van der Waals surface area contributed by atoms with Crippen LogP contribution in [0.25, 0.3) is 0 Å². The van der Waals surface area contributed by atoms with Gasteiger partial charge in [0.25, 0.3) is 11.8 Å². The van der Waals surface area contributed by atoms with Gasteiger partial charge in [-0.2, -0.15) is 0 Å². The molecule has 9 heteroatoms. The predicted molar refractivity (Wildman–Crippen MR) is 125 cm³/mol. The van der Waals surface area contributed by atoms with Crippen molar-refractivity contribution in [2.45, 2.75) is 33.7 Å². The number of nitrogens with zero attached hydrogens (tertiary/aromatic N) is 2. The van der Waals surface area contributed by atoms with Gasteiger partial charge in [-0.25, -0.2) is 14.4 Å². The maximum atomic E-state index is 13.2. The number of nitrogens with one attached hydrogen (secondary N) is 2. The smallest absolute Gasteiger partial charge is 0.270 e. The summed E-state index contributed by atoms with van der Waals surface area (Å²) in [7, 11) is 0. The van der Waals surface area contributed by atoms with Crippen LogP contribution in [0.5, 0.6) is 5.75 Å². The second-order valence-corrected chi connectivity index (χ2v) is 7.46. The SMILES string of the molecule is CC(=O)CNC(=O)c1cc(C(=O)NCc2ccc(F)c(C)c2)ncn1.CCc1cccc(O)c1. The van der Waals surface area contributed by atoms with Gasteiger partial charge in [-0.3, -0.25) is 14.4 Å². The van der Waals surface area contributed by atoms with E-state index in [9.17, 15) is 18.8 Å². The van der Waals surface area contributed by atoms with E-state index in [1.54, 1.807) is 31.2 Å². The number of hydrogen-bond donors (Lipinski definition) is 3. The normalized spacial score (nSPS) is 10.0. The Bertz CT molecular complexity index is 1170. The summed E-state index contributed by atoms with van der Waals surface area (Å²) in [5.41, 5.74) is 2.40. The molecule has 0 radical (unpaired) electrons. The summed E-state index contributed by atoms with van der Waals surface area (Å²) in [6.45, 7) is 5.12. The summed E-state index contributed by atoms with van der Waals surface area (Å²) in [5, 5.41) is 14.0. The molecule has 0 saturated heterocycles. The van der Waals surface area contributed by atoms with Crippen LogP contribution in [-0.4, -0.2) is 39.2 Å². The lowest BCUT2D eigenvalue weighted by atomic mass is 10.1. The highest BCUT2D eigenvalue weighted by molar-refractivity contribution is 5.98. The highest BCUT2D eigenvalue weighted by Gasteiger charge is 2.13. The molecule has 3 N–H and O–H groups in total. The zero-order chi connectivity index (χ0) is 25.1. The number of aryl methyl sites for hydroxylation is 2. The van der Waals surface area contributed by atoms with Crippen LogP contribution in [-0.2, 0) is 17.8 Å². The minimum absolute atomic E-state index is 0.0148. The lowest BCUT2D eigenvalue weighted by Crippen LogP contribution is -2.30. The van der Waals surface area contributed by atoms with E-state index < -0.39 is 11.8 Å². The molecule has 3 rings (SSSR count). The number of rotatable bonds is 7. The molecule has 3 aromatic rings. The molecular formula is C25H27FN4O4. The molecule has 0 bridgehead atoms. The summed E-state index contributed by atoms with van der Waals surface area (Å²) < 4.78 is 13.2. The van der Waals surface area contributed by atoms with Crippen molar-refractivity contribution < 1.29 is 23.9 Å². The zero-order valence-corrected chi connectivity index (χ0v) is 19.3. The third-order valence-electron chi connectivity index (χ3n) is 4.62. The topological polar surface area (TPSA) is 121 Å². The molecule has 0 aliphatic carbocycles. The number of aromatic nitrogens is 2. The summed E-state index contributed by atoms with van der Waals surface area (Å²) in [4.78, 5) is 42.5. The molecule has 8 nitrogen and oxygen atoms in total. The Morgan fingerprint density at radius 3 is 2.18 bits per heavy atom. The first kappa shape index (κ1) is 26.1. The van der Waals surface area contributed by atoms with Gasteiger partial charge in [-0.1, -0.05) is 31.2 Å². The van der Waals surface area contributed by atoms with Crippen LogP contribution in [0.4, 0.5) is 4.39 Å². The number of phenolic OH excluding ortho intramolecular Hbond substituents is 1. The van der Waals surface area contributed by atoms with E-state index in [-0.39, 0.29) is 36.1 Å². The molecule has 0 unspecified atom stereocenters. The van der Waals surface area contributed by atoms with Gasteiger partial charge in [0.2, 0.25) is 0 Å². The number of hydrogen-bond acceptors (Lipinski definition) is 6. The van der Waals surface area contributed by atoms with Crippen LogP contribution in [0, 0.1) is 12.7 Å². The third-order valence-corrected chi connectivity index (χ3v) is 4.62. The molecule has 0 aliphatic heterocycles. The van der Waals surface area contributed by atoms with Crippen LogP contribution >= 0.6 is 0 Å². The van der Waals surface area contributed by atoms with Crippen LogP contribution in [0.15, 0.2) is 54.9 Å². The van der Waals surface area contributed by atoms with Crippen molar-refractivity contribution in [3.63, 3.8) is 0 Å². The average Bonchev–Trinajstić information content (AvgIpc) is 2.83. The number of halogens is 1. The fraction of sp³-hybridized carbons (Fsp3) is 0.240. The number of phenols is 1. The largest absolute Gasteiger partial charge is 0.508 e. The Morgan fingerprint density at radius 1 is 0.941 bits per heavy atom. The lowest BCUT2D eigenvalue weighted by Gasteiger charge is -2.07. The molecule has 0 fully saturated rings. The minimum Gasteiger partial charge on any atom is -0.508 e. The molecule has 2 amide bonds. The van der Waals surface area contributed by atoms with Gasteiger partial charge in [0.05, 0.1) is 6.54 Å². The molecule has 2 aromatic carbocycles. The molecule has 0 aliphatic rings. The molecule has 34 heavy (non-hydrogen) atoms. The van der Waals surface area contributed by atoms with Gasteiger partial charge >= 0.3 is 0 Å². The van der Waals surface area contributed by atoms with Crippen LogP contribution < -0.4 is 10.6 Å². The van der Waals surface area contributed by atoms with E-state index in [2.05, 4.69) is 27.5 Å². The standard InChI is InChI=1S/C17H17FN4O3.C8H10O/c1-10-5-12(3-4-13(10)18)8-20-17(25)15-6-14(21-9-22-15)16(24)19-7-11(2)23;1-2-7-4-3-5-8(9)6-7/h3-6,9H,7-8H2,1-2H3,(H,19,24)(H,20,25);3-6,9H,2H2,1H3. The van der Waals surface area contributed by atoms with E-state index in [4.69, 9.17) is 5.11 Å². The third kappa shape index (κ3) is 8.42. The van der Waals surface area contributed by atoms with E-state index in [1.165, 1.54) is 24.6 Å². The molecule has 1 heterocycles. The number of amides is 2. The first-order valence-electron chi connectivity index (χ1n) is 10.6. The summed E-state index contributed by atoms with van der Waals surface area (Å²) in [6.07, 6.45) is 2.08. The second-order valence-electron chi connectivity index (χ2n) is 7.46. The van der Waals surface area contributed by atoms with Crippen molar-refractivity contribution in [1.29, 1.82) is 0 Å². The molecule has 0 spiro atoms. The lowest BCUT2D eigenvalue weighted by molar-refractivity contribution is -0.116. The van der Waals surface area contributed by atoms with Crippen molar-refractivity contribution in [2.75, 3.05) is 6.54 Å². The van der Waals surface area contributed by atoms with E-state index in [0.717, 1.165) is 18.3 Å². The molecule has 0 atom stereocenters. The Balaban J connectivity index is 0.000000379. The zero-order valence-electron chi connectivity index (χ0n) is 19.3. The minimum atomic E-state index is -0.569. The van der Waals surface area contributed by atoms with Crippen LogP contribution in [0.1, 0.15) is 51.5 Å². The first-order valence-corrected chi connectivity index (χ1v) is 10.6. The molecular weight excluding hydrogens is 439 g/mol. The number of carbonyl (C=O) groups excluding carboxylic acids is 3. The molecule has 178 valence electrons.